The van der Waals surface area contributed by atoms with Gasteiger partial charge in [-0.25, -0.2) is 0 Å². The fraction of sp³-hybridized carbons (Fsp3) is 0.909. The molecule has 0 aromatic carbocycles. The van der Waals surface area contributed by atoms with Crippen molar-refractivity contribution < 1.29 is 18.0 Å². The van der Waals surface area contributed by atoms with Crippen LogP contribution in [0.15, 0.2) is 0 Å². The second kappa shape index (κ2) is 5.88. The second-order valence-electron chi connectivity index (χ2n) is 4.57. The van der Waals surface area contributed by atoms with E-state index < -0.39 is 24.3 Å². The molecule has 106 valence electrons. The Morgan fingerprint density at radius 2 is 2.17 bits per heavy atom. The van der Waals surface area contributed by atoms with Crippen LogP contribution in [0.4, 0.5) is 13.2 Å². The quantitative estimate of drug-likeness (QED) is 0.794. The molecule has 18 heavy (non-hydrogen) atoms. The summed E-state index contributed by atoms with van der Waals surface area (Å²) in [5.41, 5.74) is 5.59. The number of nitrogens with zero attached hydrogens (tertiary/aromatic N) is 1. The number of halogens is 3. The minimum absolute atomic E-state index is 0.223. The van der Waals surface area contributed by atoms with Gasteiger partial charge in [0.1, 0.15) is 6.04 Å². The number of carbonyl (C=O) groups excluding carboxylic acids is 1. The van der Waals surface area contributed by atoms with Crippen molar-refractivity contribution in [3.63, 3.8) is 0 Å². The lowest BCUT2D eigenvalue weighted by molar-refractivity contribution is -0.192. The van der Waals surface area contributed by atoms with Crippen LogP contribution in [0.5, 0.6) is 0 Å². The third-order valence-electron chi connectivity index (χ3n) is 3.41. The molecular formula is C11H20F3N3O. The number of hydrogen-bond donors (Lipinski definition) is 2. The number of nitrogens with one attached hydrogen (secondary N) is 1. The van der Waals surface area contributed by atoms with E-state index in [-0.39, 0.29) is 18.9 Å². The number of nitrogens with two attached hydrogens (primary N) is 1. The van der Waals surface area contributed by atoms with Crippen molar-refractivity contribution in [3.05, 3.63) is 0 Å². The lowest BCUT2D eigenvalue weighted by atomic mass is 10.0. The topological polar surface area (TPSA) is 58.4 Å². The number of carbonyl (C=O) groups is 1. The monoisotopic (exact) mass is 267 g/mol. The largest absolute Gasteiger partial charge is 0.405 e. The highest BCUT2D eigenvalue weighted by molar-refractivity contribution is 5.81. The van der Waals surface area contributed by atoms with Gasteiger partial charge < -0.3 is 11.1 Å². The highest BCUT2D eigenvalue weighted by Crippen LogP contribution is 2.32. The summed E-state index contributed by atoms with van der Waals surface area (Å²) in [7, 11) is 1.43. The van der Waals surface area contributed by atoms with Crippen LogP contribution in [0.25, 0.3) is 0 Å². The molecule has 0 spiro atoms. The van der Waals surface area contributed by atoms with E-state index in [2.05, 4.69) is 5.32 Å². The van der Waals surface area contributed by atoms with Crippen LogP contribution >= 0.6 is 0 Å². The van der Waals surface area contributed by atoms with Crippen molar-refractivity contribution in [2.45, 2.75) is 50.5 Å². The molecule has 1 amide bonds. The summed E-state index contributed by atoms with van der Waals surface area (Å²) in [4.78, 5) is 12.8. The molecule has 0 aliphatic carbocycles. The first kappa shape index (κ1) is 15.2. The van der Waals surface area contributed by atoms with Gasteiger partial charge in [-0.2, -0.15) is 13.2 Å². The summed E-state index contributed by atoms with van der Waals surface area (Å²) >= 11 is 0. The van der Waals surface area contributed by atoms with E-state index in [4.69, 9.17) is 5.73 Å². The fourth-order valence-electron chi connectivity index (χ4n) is 2.47. The normalized spacial score (nSPS) is 24.9. The zero-order valence-corrected chi connectivity index (χ0v) is 10.6. The molecule has 0 bridgehead atoms. The molecule has 4 nitrogen and oxygen atoms in total. The van der Waals surface area contributed by atoms with E-state index in [1.54, 1.807) is 6.92 Å². The number of hydrogen-bond acceptors (Lipinski definition) is 3. The maximum atomic E-state index is 13.1. The molecule has 3 atom stereocenters. The lowest BCUT2D eigenvalue weighted by Crippen LogP contribution is -2.59. The van der Waals surface area contributed by atoms with E-state index in [0.717, 1.165) is 0 Å². The van der Waals surface area contributed by atoms with Gasteiger partial charge in [-0.1, -0.05) is 6.92 Å². The average molecular weight is 267 g/mol. The summed E-state index contributed by atoms with van der Waals surface area (Å²) in [6, 6.07) is -3.47. The van der Waals surface area contributed by atoms with Gasteiger partial charge in [0.25, 0.3) is 0 Å². The van der Waals surface area contributed by atoms with Crippen molar-refractivity contribution in [1.29, 1.82) is 0 Å². The van der Waals surface area contributed by atoms with Crippen molar-refractivity contribution in [2.24, 2.45) is 5.73 Å². The smallest absolute Gasteiger partial charge is 0.358 e. The molecular weight excluding hydrogens is 247 g/mol. The summed E-state index contributed by atoms with van der Waals surface area (Å²) in [6.07, 6.45) is -3.16. The molecule has 0 radical (unpaired) electrons. The molecule has 7 heteroatoms. The fourth-order valence-corrected chi connectivity index (χ4v) is 2.47. The van der Waals surface area contributed by atoms with Crippen LogP contribution in [-0.4, -0.2) is 48.7 Å². The highest BCUT2D eigenvalue weighted by Gasteiger charge is 2.50. The maximum Gasteiger partial charge on any atom is 0.405 e. The van der Waals surface area contributed by atoms with Gasteiger partial charge in [-0.05, 0) is 25.8 Å². The predicted octanol–water partition coefficient (Wildman–Crippen LogP) is 0.865. The van der Waals surface area contributed by atoms with E-state index in [9.17, 15) is 18.0 Å². The van der Waals surface area contributed by atoms with E-state index in [1.807, 2.05) is 0 Å². The van der Waals surface area contributed by atoms with E-state index in [1.165, 1.54) is 11.9 Å². The molecule has 1 heterocycles. The first-order valence-electron chi connectivity index (χ1n) is 6.12. The number of likely N-dealkylation sites (tertiary alicyclic amines) is 1. The first-order valence-corrected chi connectivity index (χ1v) is 6.12. The van der Waals surface area contributed by atoms with E-state index >= 15 is 0 Å². The molecule has 0 aromatic rings. The number of amides is 1. The molecule has 3 unspecified atom stereocenters. The van der Waals surface area contributed by atoms with Gasteiger partial charge in [-0.3, -0.25) is 9.69 Å². The van der Waals surface area contributed by atoms with Crippen LogP contribution < -0.4 is 11.1 Å². The molecule has 0 aromatic heterocycles. The minimum atomic E-state index is -4.41. The van der Waals surface area contributed by atoms with Crippen LogP contribution in [0.1, 0.15) is 26.2 Å². The van der Waals surface area contributed by atoms with Crippen molar-refractivity contribution in [3.8, 4) is 0 Å². The molecule has 0 saturated carbocycles. The Morgan fingerprint density at radius 3 is 2.61 bits per heavy atom. The van der Waals surface area contributed by atoms with Crippen molar-refractivity contribution in [1.82, 2.24) is 10.2 Å². The van der Waals surface area contributed by atoms with Gasteiger partial charge in [0, 0.05) is 13.1 Å². The predicted molar refractivity (Wildman–Crippen MR) is 61.9 cm³/mol. The van der Waals surface area contributed by atoms with Crippen LogP contribution in [-0.2, 0) is 4.79 Å². The Hall–Kier alpha value is -0.820. The minimum Gasteiger partial charge on any atom is -0.358 e. The van der Waals surface area contributed by atoms with Gasteiger partial charge in [0.15, 0.2) is 0 Å². The molecule has 1 fully saturated rings. The summed E-state index contributed by atoms with van der Waals surface area (Å²) in [5, 5.41) is 2.41. The van der Waals surface area contributed by atoms with Crippen LogP contribution in [0, 0.1) is 0 Å². The van der Waals surface area contributed by atoms with Gasteiger partial charge in [0.05, 0.1) is 6.04 Å². The third kappa shape index (κ3) is 3.14. The number of alkyl halides is 3. The third-order valence-corrected chi connectivity index (χ3v) is 3.41. The SMILES string of the molecule is CCC(N)C(N1CCCC1C(=O)NC)C(F)(F)F. The maximum absolute atomic E-state index is 13.1. The van der Waals surface area contributed by atoms with Crippen LogP contribution in [0.2, 0.25) is 0 Å². The molecule has 1 saturated heterocycles. The Balaban J connectivity index is 2.94. The van der Waals surface area contributed by atoms with Gasteiger partial charge >= 0.3 is 6.18 Å². The summed E-state index contributed by atoms with van der Waals surface area (Å²) in [5.74, 6) is -0.370. The number of likely N-dealkylation sites (N-methyl/N-ethyl adjacent to an activating group) is 1. The number of rotatable bonds is 4. The summed E-state index contributed by atoms with van der Waals surface area (Å²) in [6.45, 7) is 1.88. The summed E-state index contributed by atoms with van der Waals surface area (Å²) < 4.78 is 39.3. The first-order chi connectivity index (χ1) is 8.32. The Labute approximate surface area is 105 Å². The van der Waals surface area contributed by atoms with Gasteiger partial charge in [-0.15, -0.1) is 0 Å². The van der Waals surface area contributed by atoms with E-state index in [0.29, 0.717) is 12.8 Å². The Morgan fingerprint density at radius 1 is 1.56 bits per heavy atom. The standard InChI is InChI=1S/C11H20F3N3O/c1-3-7(15)9(11(12,13)14)17-6-4-5-8(17)10(18)16-2/h7-9H,3-6,15H2,1-2H3,(H,16,18). The lowest BCUT2D eigenvalue weighted by Gasteiger charge is -2.36. The van der Waals surface area contributed by atoms with Crippen LogP contribution in [0.3, 0.4) is 0 Å². The average Bonchev–Trinajstić information content (AvgIpc) is 2.74. The Bertz CT molecular complexity index is 296. The zero-order valence-electron chi connectivity index (χ0n) is 10.6. The highest BCUT2D eigenvalue weighted by atomic mass is 19.4. The molecule has 1 aliphatic rings. The second-order valence-corrected chi connectivity index (χ2v) is 4.57. The molecule has 1 aliphatic heterocycles. The van der Waals surface area contributed by atoms with Crippen molar-refractivity contribution >= 4 is 5.91 Å². The molecule has 1 rings (SSSR count). The zero-order chi connectivity index (χ0) is 13.9. The molecule has 3 N–H and O–H groups in total. The Kier molecular flexibility index (Phi) is 4.98. The van der Waals surface area contributed by atoms with Gasteiger partial charge in [0.2, 0.25) is 5.91 Å². The van der Waals surface area contributed by atoms with Crippen molar-refractivity contribution in [2.75, 3.05) is 13.6 Å².